The van der Waals surface area contributed by atoms with Gasteiger partial charge in [-0.2, -0.15) is 0 Å². The highest BCUT2D eigenvalue weighted by atomic mass is 16.5. The van der Waals surface area contributed by atoms with Crippen LogP contribution in [0.3, 0.4) is 0 Å². The molecule has 2 N–H and O–H groups in total. The number of nitrogens with zero attached hydrogens (tertiary/aromatic N) is 2. The van der Waals surface area contributed by atoms with Crippen molar-refractivity contribution < 1.29 is 19.1 Å². The molecule has 0 saturated carbocycles. The second-order valence-corrected chi connectivity index (χ2v) is 6.61. The zero-order chi connectivity index (χ0) is 19.8. The standard InChI is InChI=1S/C18H20N4O5/c1-4-18(3)16(25)22(17(26)21-18)9-13(23)27-10(2)14-19-12-8-6-5-7-11(12)15(24)20-14/h5-8,10H,4,9H2,1-3H3,(H,21,26)(H,19,20,24)/t10-,18-/m1/s1. The molecule has 9 heteroatoms. The van der Waals surface area contributed by atoms with Crippen LogP contribution in [0.4, 0.5) is 4.79 Å². The van der Waals surface area contributed by atoms with E-state index in [2.05, 4.69) is 15.3 Å². The molecule has 0 bridgehead atoms. The van der Waals surface area contributed by atoms with Gasteiger partial charge in [-0.25, -0.2) is 9.78 Å². The summed E-state index contributed by atoms with van der Waals surface area (Å²) in [5.74, 6) is -1.07. The molecule has 1 aliphatic heterocycles. The van der Waals surface area contributed by atoms with E-state index in [4.69, 9.17) is 4.74 Å². The number of carbonyl (C=O) groups is 3. The van der Waals surface area contributed by atoms with Crippen LogP contribution in [0.1, 0.15) is 39.1 Å². The first kappa shape index (κ1) is 18.6. The number of aromatic nitrogens is 2. The SMILES string of the molecule is CC[C@@]1(C)NC(=O)N(CC(=O)O[C@H](C)c2nc3ccccc3c(=O)[nH]2)C1=O. The average molecular weight is 372 g/mol. The summed E-state index contributed by atoms with van der Waals surface area (Å²) < 4.78 is 5.26. The minimum absolute atomic E-state index is 0.183. The first-order chi connectivity index (χ1) is 12.7. The van der Waals surface area contributed by atoms with Crippen molar-refractivity contribution in [1.82, 2.24) is 20.2 Å². The molecule has 142 valence electrons. The van der Waals surface area contributed by atoms with Crippen LogP contribution in [0.25, 0.3) is 10.9 Å². The summed E-state index contributed by atoms with van der Waals surface area (Å²) in [6.07, 6.45) is -0.449. The normalized spacial score (nSPS) is 20.6. The number of ether oxygens (including phenoxy) is 1. The topological polar surface area (TPSA) is 121 Å². The van der Waals surface area contributed by atoms with Crippen LogP contribution in [0.2, 0.25) is 0 Å². The highest BCUT2D eigenvalue weighted by Gasteiger charge is 2.47. The minimum atomic E-state index is -1.02. The molecule has 0 aliphatic carbocycles. The number of imide groups is 1. The Hall–Kier alpha value is -3.23. The Morgan fingerprint density at radius 2 is 2.00 bits per heavy atom. The highest BCUT2D eigenvalue weighted by Crippen LogP contribution is 2.21. The number of esters is 1. The molecule has 3 amide bonds. The van der Waals surface area contributed by atoms with E-state index in [0.29, 0.717) is 17.3 Å². The summed E-state index contributed by atoms with van der Waals surface area (Å²) >= 11 is 0. The van der Waals surface area contributed by atoms with Gasteiger partial charge in [-0.3, -0.25) is 19.3 Å². The fraction of sp³-hybridized carbons (Fsp3) is 0.389. The smallest absolute Gasteiger partial charge is 0.326 e. The summed E-state index contributed by atoms with van der Waals surface area (Å²) in [7, 11) is 0. The van der Waals surface area contributed by atoms with Crippen LogP contribution in [0.5, 0.6) is 0 Å². The van der Waals surface area contributed by atoms with Gasteiger partial charge in [0.1, 0.15) is 12.1 Å². The number of amides is 3. The second kappa shape index (κ2) is 6.82. The van der Waals surface area contributed by atoms with E-state index < -0.39 is 36.1 Å². The van der Waals surface area contributed by atoms with E-state index in [-0.39, 0.29) is 11.4 Å². The molecule has 0 radical (unpaired) electrons. The summed E-state index contributed by atoms with van der Waals surface area (Å²) in [6, 6.07) is 6.17. The number of para-hydroxylation sites is 1. The summed E-state index contributed by atoms with van der Waals surface area (Å²) in [6.45, 7) is 4.41. The number of hydrogen-bond donors (Lipinski definition) is 2. The van der Waals surface area contributed by atoms with Crippen LogP contribution < -0.4 is 10.9 Å². The number of benzene rings is 1. The lowest BCUT2D eigenvalue weighted by Gasteiger charge is -2.19. The molecule has 2 aromatic rings. The Labute approximate surface area is 154 Å². The fourth-order valence-electron chi connectivity index (χ4n) is 2.85. The number of rotatable bonds is 5. The van der Waals surface area contributed by atoms with Crippen LogP contribution in [-0.4, -0.2) is 44.9 Å². The van der Waals surface area contributed by atoms with Gasteiger partial charge >= 0.3 is 12.0 Å². The van der Waals surface area contributed by atoms with Crippen molar-refractivity contribution in [2.24, 2.45) is 0 Å². The van der Waals surface area contributed by atoms with Crippen LogP contribution in [0.15, 0.2) is 29.1 Å². The van der Waals surface area contributed by atoms with Crippen LogP contribution in [-0.2, 0) is 14.3 Å². The molecule has 1 saturated heterocycles. The van der Waals surface area contributed by atoms with E-state index in [1.54, 1.807) is 45.0 Å². The molecular weight excluding hydrogens is 352 g/mol. The third-order valence-corrected chi connectivity index (χ3v) is 4.66. The number of fused-ring (bicyclic) bond motifs is 1. The zero-order valence-corrected chi connectivity index (χ0v) is 15.2. The van der Waals surface area contributed by atoms with Gasteiger partial charge in [0.2, 0.25) is 0 Å². The van der Waals surface area contributed by atoms with E-state index in [9.17, 15) is 19.2 Å². The summed E-state index contributed by atoms with van der Waals surface area (Å²) in [5.41, 5.74) is -0.882. The Balaban J connectivity index is 1.72. The van der Waals surface area contributed by atoms with Gasteiger partial charge in [0.05, 0.1) is 10.9 Å². The molecule has 9 nitrogen and oxygen atoms in total. The first-order valence-corrected chi connectivity index (χ1v) is 8.57. The van der Waals surface area contributed by atoms with Crippen molar-refractivity contribution in [3.8, 4) is 0 Å². The van der Waals surface area contributed by atoms with E-state index in [1.165, 1.54) is 0 Å². The van der Waals surface area contributed by atoms with Gasteiger partial charge in [0, 0.05) is 0 Å². The van der Waals surface area contributed by atoms with Crippen molar-refractivity contribution in [3.05, 3.63) is 40.4 Å². The maximum atomic E-state index is 12.3. The Morgan fingerprint density at radius 3 is 2.67 bits per heavy atom. The Bertz CT molecular complexity index is 985. The predicted molar refractivity (Wildman–Crippen MR) is 95.8 cm³/mol. The van der Waals surface area contributed by atoms with Gasteiger partial charge in [-0.05, 0) is 32.4 Å². The second-order valence-electron chi connectivity index (χ2n) is 6.61. The molecule has 1 fully saturated rings. The lowest BCUT2D eigenvalue weighted by atomic mass is 9.99. The number of urea groups is 1. The summed E-state index contributed by atoms with van der Waals surface area (Å²) in [5, 5.41) is 3.00. The molecule has 0 unspecified atom stereocenters. The van der Waals surface area contributed by atoms with E-state index >= 15 is 0 Å². The minimum Gasteiger partial charge on any atom is -0.453 e. The predicted octanol–water partition coefficient (Wildman–Crippen LogP) is 1.25. The fourth-order valence-corrected chi connectivity index (χ4v) is 2.85. The first-order valence-electron chi connectivity index (χ1n) is 8.57. The van der Waals surface area contributed by atoms with Gasteiger partial charge in [-0.1, -0.05) is 19.1 Å². The molecule has 1 aromatic carbocycles. The van der Waals surface area contributed by atoms with Crippen molar-refractivity contribution >= 4 is 28.8 Å². The number of hydrogen-bond acceptors (Lipinski definition) is 6. The lowest BCUT2D eigenvalue weighted by molar-refractivity contribution is -0.152. The molecule has 3 rings (SSSR count). The van der Waals surface area contributed by atoms with Crippen molar-refractivity contribution in [2.75, 3.05) is 6.54 Å². The molecule has 27 heavy (non-hydrogen) atoms. The molecule has 2 heterocycles. The monoisotopic (exact) mass is 372 g/mol. The highest BCUT2D eigenvalue weighted by molar-refractivity contribution is 6.08. The molecule has 0 spiro atoms. The largest absolute Gasteiger partial charge is 0.453 e. The van der Waals surface area contributed by atoms with E-state index in [1.807, 2.05) is 0 Å². The lowest BCUT2D eigenvalue weighted by Crippen LogP contribution is -2.43. The van der Waals surface area contributed by atoms with Crippen molar-refractivity contribution in [3.63, 3.8) is 0 Å². The maximum Gasteiger partial charge on any atom is 0.326 e. The number of H-pyrrole nitrogens is 1. The third-order valence-electron chi connectivity index (χ3n) is 4.66. The molecule has 1 aliphatic rings. The molecule has 2 atom stereocenters. The molecule has 1 aromatic heterocycles. The third kappa shape index (κ3) is 3.40. The molecular formula is C18H20N4O5. The van der Waals surface area contributed by atoms with Crippen LogP contribution in [0, 0.1) is 0 Å². The number of nitrogens with one attached hydrogen (secondary N) is 2. The quantitative estimate of drug-likeness (QED) is 0.602. The van der Waals surface area contributed by atoms with Gasteiger partial charge in [0.25, 0.3) is 11.5 Å². The van der Waals surface area contributed by atoms with Gasteiger partial charge in [-0.15, -0.1) is 0 Å². The maximum absolute atomic E-state index is 12.3. The Kier molecular flexibility index (Phi) is 4.69. The van der Waals surface area contributed by atoms with Gasteiger partial charge in [0.15, 0.2) is 11.9 Å². The average Bonchev–Trinajstić information content (AvgIpc) is 2.85. The van der Waals surface area contributed by atoms with E-state index in [0.717, 1.165) is 4.90 Å². The Morgan fingerprint density at radius 1 is 1.30 bits per heavy atom. The number of carbonyl (C=O) groups excluding carboxylic acids is 3. The number of aromatic amines is 1. The van der Waals surface area contributed by atoms with Crippen molar-refractivity contribution in [2.45, 2.75) is 38.8 Å². The van der Waals surface area contributed by atoms with Crippen molar-refractivity contribution in [1.29, 1.82) is 0 Å². The summed E-state index contributed by atoms with van der Waals surface area (Å²) in [4.78, 5) is 56.3. The van der Waals surface area contributed by atoms with Gasteiger partial charge < -0.3 is 15.0 Å². The zero-order valence-electron chi connectivity index (χ0n) is 15.2. The van der Waals surface area contributed by atoms with Crippen LogP contribution >= 0.6 is 0 Å².